The van der Waals surface area contributed by atoms with Crippen LogP contribution in [0.3, 0.4) is 0 Å². The van der Waals surface area contributed by atoms with Crippen LogP contribution in [0.15, 0.2) is 0 Å². The summed E-state index contributed by atoms with van der Waals surface area (Å²) in [6, 6.07) is -0.373. The van der Waals surface area contributed by atoms with Crippen molar-refractivity contribution in [2.45, 2.75) is 32.2 Å². The third-order valence-corrected chi connectivity index (χ3v) is 2.12. The number of ether oxygens (including phenoxy) is 1. The van der Waals surface area contributed by atoms with Gasteiger partial charge in [-0.1, -0.05) is 6.92 Å². The summed E-state index contributed by atoms with van der Waals surface area (Å²) in [6.45, 7) is 3.48. The van der Waals surface area contributed by atoms with Crippen molar-refractivity contribution in [3.63, 3.8) is 0 Å². The van der Waals surface area contributed by atoms with Crippen molar-refractivity contribution in [2.24, 2.45) is 5.73 Å². The Hall–Kier alpha value is -0.610. The van der Waals surface area contributed by atoms with E-state index in [1.165, 1.54) is 0 Å². The molecule has 4 nitrogen and oxygen atoms in total. The molecule has 1 atom stereocenters. The summed E-state index contributed by atoms with van der Waals surface area (Å²) < 4.78 is 4.90. The van der Waals surface area contributed by atoms with E-state index < -0.39 is 0 Å². The lowest BCUT2D eigenvalue weighted by atomic mass is 10.1. The fourth-order valence-corrected chi connectivity index (χ4v) is 1.30. The lowest BCUT2D eigenvalue weighted by Crippen LogP contribution is -2.42. The molecule has 0 aromatic carbocycles. The summed E-state index contributed by atoms with van der Waals surface area (Å²) in [5.41, 5.74) is 5.74. The molecule has 2 N–H and O–H groups in total. The summed E-state index contributed by atoms with van der Waals surface area (Å²) >= 11 is 0. The van der Waals surface area contributed by atoms with Crippen molar-refractivity contribution >= 4 is 5.91 Å². The molecule has 0 bridgehead atoms. The molecule has 84 valence electrons. The van der Waals surface area contributed by atoms with E-state index >= 15 is 0 Å². The number of nitrogens with zero attached hydrogens (tertiary/aromatic N) is 1. The van der Waals surface area contributed by atoms with Gasteiger partial charge in [0, 0.05) is 27.3 Å². The molecule has 0 rings (SSSR count). The quantitative estimate of drug-likeness (QED) is 0.615. The van der Waals surface area contributed by atoms with Crippen LogP contribution in [0.1, 0.15) is 26.2 Å². The third-order valence-electron chi connectivity index (χ3n) is 2.12. The first-order valence-electron chi connectivity index (χ1n) is 5.13. The Bertz CT molecular complexity index is 162. The van der Waals surface area contributed by atoms with Crippen LogP contribution in [-0.2, 0) is 9.53 Å². The van der Waals surface area contributed by atoms with Crippen molar-refractivity contribution in [1.82, 2.24) is 4.90 Å². The van der Waals surface area contributed by atoms with Gasteiger partial charge in [-0.05, 0) is 19.3 Å². The largest absolute Gasteiger partial charge is 0.385 e. The zero-order valence-electron chi connectivity index (χ0n) is 9.45. The van der Waals surface area contributed by atoms with Gasteiger partial charge < -0.3 is 15.4 Å². The molecule has 0 aromatic heterocycles. The molecule has 1 amide bonds. The highest BCUT2D eigenvalue weighted by molar-refractivity contribution is 5.81. The lowest BCUT2D eigenvalue weighted by Gasteiger charge is -2.20. The van der Waals surface area contributed by atoms with Crippen LogP contribution in [0.25, 0.3) is 0 Å². The second-order valence-corrected chi connectivity index (χ2v) is 3.50. The Morgan fingerprint density at radius 1 is 1.57 bits per heavy atom. The van der Waals surface area contributed by atoms with E-state index in [4.69, 9.17) is 10.5 Å². The standard InChI is InChI=1S/C10H22N2O2/c1-4-7-12(2)10(13)9(11)6-5-8-14-3/h9H,4-8,11H2,1-3H3. The summed E-state index contributed by atoms with van der Waals surface area (Å²) in [5, 5.41) is 0. The van der Waals surface area contributed by atoms with Gasteiger partial charge in [0.1, 0.15) is 0 Å². The van der Waals surface area contributed by atoms with Crippen LogP contribution < -0.4 is 5.73 Å². The minimum absolute atomic E-state index is 0.0305. The number of rotatable bonds is 7. The third kappa shape index (κ3) is 5.19. The SMILES string of the molecule is CCCN(C)C(=O)C(N)CCCOC. The topological polar surface area (TPSA) is 55.6 Å². The predicted molar refractivity (Wildman–Crippen MR) is 57.0 cm³/mol. The van der Waals surface area contributed by atoms with Crippen molar-refractivity contribution < 1.29 is 9.53 Å². The Labute approximate surface area is 86.4 Å². The molecule has 0 aliphatic carbocycles. The Morgan fingerprint density at radius 2 is 2.21 bits per heavy atom. The van der Waals surface area contributed by atoms with Crippen molar-refractivity contribution in [3.05, 3.63) is 0 Å². The number of methoxy groups -OCH3 is 1. The minimum atomic E-state index is -0.373. The predicted octanol–water partition coefficient (Wildman–Crippen LogP) is 0.609. The van der Waals surface area contributed by atoms with Gasteiger partial charge in [0.2, 0.25) is 5.91 Å². The van der Waals surface area contributed by atoms with Crippen molar-refractivity contribution in [1.29, 1.82) is 0 Å². The normalized spacial score (nSPS) is 12.6. The fourth-order valence-electron chi connectivity index (χ4n) is 1.30. The molecule has 4 heteroatoms. The summed E-state index contributed by atoms with van der Waals surface area (Å²) in [6.07, 6.45) is 2.50. The van der Waals surface area contributed by atoms with E-state index in [2.05, 4.69) is 0 Å². The van der Waals surface area contributed by atoms with Crippen LogP contribution >= 0.6 is 0 Å². The van der Waals surface area contributed by atoms with Gasteiger partial charge in [-0.15, -0.1) is 0 Å². The molecule has 0 fully saturated rings. The number of nitrogens with two attached hydrogens (primary N) is 1. The highest BCUT2D eigenvalue weighted by atomic mass is 16.5. The first kappa shape index (κ1) is 13.4. The van der Waals surface area contributed by atoms with E-state index in [0.29, 0.717) is 13.0 Å². The maximum absolute atomic E-state index is 11.6. The summed E-state index contributed by atoms with van der Waals surface area (Å²) in [5.74, 6) is 0.0305. The van der Waals surface area contributed by atoms with E-state index in [1.807, 2.05) is 6.92 Å². The van der Waals surface area contributed by atoms with E-state index in [-0.39, 0.29) is 11.9 Å². The second-order valence-electron chi connectivity index (χ2n) is 3.50. The average Bonchev–Trinajstić information content (AvgIpc) is 2.17. The number of hydrogen-bond acceptors (Lipinski definition) is 3. The van der Waals surface area contributed by atoms with Crippen molar-refractivity contribution in [3.8, 4) is 0 Å². The number of amides is 1. The summed E-state index contributed by atoms with van der Waals surface area (Å²) in [4.78, 5) is 13.3. The zero-order valence-corrected chi connectivity index (χ0v) is 9.45. The highest BCUT2D eigenvalue weighted by Gasteiger charge is 2.16. The lowest BCUT2D eigenvalue weighted by molar-refractivity contribution is -0.131. The molecular weight excluding hydrogens is 180 g/mol. The first-order valence-corrected chi connectivity index (χ1v) is 5.13. The second kappa shape index (κ2) is 7.76. The van der Waals surface area contributed by atoms with Crippen LogP contribution in [0, 0.1) is 0 Å². The maximum Gasteiger partial charge on any atom is 0.239 e. The van der Waals surface area contributed by atoms with Gasteiger partial charge in [0.25, 0.3) is 0 Å². The molecule has 0 aliphatic heterocycles. The molecule has 14 heavy (non-hydrogen) atoms. The van der Waals surface area contributed by atoms with Gasteiger partial charge in [-0.25, -0.2) is 0 Å². The van der Waals surface area contributed by atoms with E-state index in [1.54, 1.807) is 19.1 Å². The highest BCUT2D eigenvalue weighted by Crippen LogP contribution is 1.99. The number of carbonyl (C=O) groups excluding carboxylic acids is 1. The van der Waals surface area contributed by atoms with E-state index in [0.717, 1.165) is 19.4 Å². The minimum Gasteiger partial charge on any atom is -0.385 e. The van der Waals surface area contributed by atoms with Crippen LogP contribution in [-0.4, -0.2) is 44.2 Å². The van der Waals surface area contributed by atoms with Gasteiger partial charge in [-0.2, -0.15) is 0 Å². The maximum atomic E-state index is 11.6. The number of carbonyl (C=O) groups is 1. The van der Waals surface area contributed by atoms with Gasteiger partial charge >= 0.3 is 0 Å². The smallest absolute Gasteiger partial charge is 0.239 e. The Kier molecular flexibility index (Phi) is 7.42. The monoisotopic (exact) mass is 202 g/mol. The van der Waals surface area contributed by atoms with E-state index in [9.17, 15) is 4.79 Å². The van der Waals surface area contributed by atoms with Crippen molar-refractivity contribution in [2.75, 3.05) is 27.3 Å². The molecule has 0 spiro atoms. The molecule has 0 heterocycles. The van der Waals surface area contributed by atoms with Gasteiger partial charge in [0.15, 0.2) is 0 Å². The Morgan fingerprint density at radius 3 is 2.71 bits per heavy atom. The Balaban J connectivity index is 3.74. The molecule has 0 aliphatic rings. The van der Waals surface area contributed by atoms with Crippen LogP contribution in [0.2, 0.25) is 0 Å². The molecule has 0 aromatic rings. The summed E-state index contributed by atoms with van der Waals surface area (Å²) in [7, 11) is 3.44. The van der Waals surface area contributed by atoms with Crippen LogP contribution in [0.5, 0.6) is 0 Å². The molecule has 0 saturated heterocycles. The molecule has 0 radical (unpaired) electrons. The molecule has 0 saturated carbocycles. The zero-order chi connectivity index (χ0) is 11.0. The molecule has 1 unspecified atom stereocenters. The average molecular weight is 202 g/mol. The first-order chi connectivity index (χ1) is 6.63. The van der Waals surface area contributed by atoms with Crippen LogP contribution in [0.4, 0.5) is 0 Å². The van der Waals surface area contributed by atoms with Gasteiger partial charge in [-0.3, -0.25) is 4.79 Å². The number of likely N-dealkylation sites (N-methyl/N-ethyl adjacent to an activating group) is 1. The van der Waals surface area contributed by atoms with Gasteiger partial charge in [0.05, 0.1) is 6.04 Å². The molecular formula is C10H22N2O2. The number of hydrogen-bond donors (Lipinski definition) is 1. The fraction of sp³-hybridized carbons (Fsp3) is 0.900.